The van der Waals surface area contributed by atoms with E-state index in [0.717, 1.165) is 4.90 Å². The number of nitrogens with two attached hydrogens (primary N) is 1. The minimum Gasteiger partial charge on any atom is -0.397 e. The maximum absolute atomic E-state index is 12.2. The van der Waals surface area contributed by atoms with Crippen molar-refractivity contribution in [3.05, 3.63) is 18.5 Å². The molecule has 2 rings (SSSR count). The smallest absolute Gasteiger partial charge is 0.233 e. The molecule has 104 valence electrons. The Kier molecular flexibility index (Phi) is 4.66. The number of aromatic nitrogens is 1. The predicted molar refractivity (Wildman–Crippen MR) is 76.0 cm³/mol. The molecule has 1 saturated heterocycles. The predicted octanol–water partition coefficient (Wildman–Crippen LogP) is 1.39. The number of anilines is 1. The van der Waals surface area contributed by atoms with Crippen molar-refractivity contribution in [1.29, 1.82) is 0 Å². The summed E-state index contributed by atoms with van der Waals surface area (Å²) in [5.74, 6) is 0.524. The Hall–Kier alpha value is -1.27. The lowest BCUT2D eigenvalue weighted by molar-refractivity contribution is -0.140. The molecule has 1 fully saturated rings. The van der Waals surface area contributed by atoms with Gasteiger partial charge in [-0.15, -0.1) is 11.8 Å². The van der Waals surface area contributed by atoms with Crippen LogP contribution in [0.1, 0.15) is 13.8 Å². The van der Waals surface area contributed by atoms with Crippen molar-refractivity contribution in [3.63, 3.8) is 0 Å². The zero-order valence-corrected chi connectivity index (χ0v) is 12.0. The molecule has 2 N–H and O–H groups in total. The Labute approximate surface area is 117 Å². The summed E-state index contributed by atoms with van der Waals surface area (Å²) in [5, 5.41) is 0. The molecule has 0 saturated carbocycles. The molecule has 19 heavy (non-hydrogen) atoms. The third kappa shape index (κ3) is 3.84. The molecule has 1 amide bonds. The molecule has 1 aliphatic heterocycles. The van der Waals surface area contributed by atoms with Gasteiger partial charge in [0.05, 0.1) is 29.8 Å². The van der Waals surface area contributed by atoms with E-state index in [1.165, 1.54) is 11.8 Å². The summed E-state index contributed by atoms with van der Waals surface area (Å²) in [4.78, 5) is 18.9. The Bertz CT molecular complexity index is 445. The van der Waals surface area contributed by atoms with Gasteiger partial charge in [-0.1, -0.05) is 0 Å². The van der Waals surface area contributed by atoms with Crippen LogP contribution in [0.25, 0.3) is 0 Å². The highest BCUT2D eigenvalue weighted by Crippen LogP contribution is 2.24. The van der Waals surface area contributed by atoms with Gasteiger partial charge in [0.15, 0.2) is 0 Å². The maximum Gasteiger partial charge on any atom is 0.233 e. The number of nitrogens with zero attached hydrogens (tertiary/aromatic N) is 2. The Morgan fingerprint density at radius 1 is 1.53 bits per heavy atom. The largest absolute Gasteiger partial charge is 0.397 e. The number of rotatable bonds is 3. The number of carbonyl (C=O) groups is 1. The highest BCUT2D eigenvalue weighted by Gasteiger charge is 2.25. The number of ether oxygens (including phenoxy) is 1. The molecule has 0 aromatic carbocycles. The molecular formula is C13H19N3O2S. The zero-order valence-electron chi connectivity index (χ0n) is 11.2. The van der Waals surface area contributed by atoms with Crippen LogP contribution in [0.5, 0.6) is 0 Å². The molecule has 2 unspecified atom stereocenters. The fourth-order valence-electron chi connectivity index (χ4n) is 2.14. The van der Waals surface area contributed by atoms with E-state index >= 15 is 0 Å². The van der Waals surface area contributed by atoms with Crippen LogP contribution in [0.4, 0.5) is 5.69 Å². The molecule has 0 radical (unpaired) electrons. The molecule has 0 spiro atoms. The van der Waals surface area contributed by atoms with E-state index in [-0.39, 0.29) is 18.1 Å². The van der Waals surface area contributed by atoms with Crippen molar-refractivity contribution in [2.24, 2.45) is 0 Å². The van der Waals surface area contributed by atoms with E-state index in [1.807, 2.05) is 24.8 Å². The van der Waals surface area contributed by atoms with E-state index in [1.54, 1.807) is 12.4 Å². The van der Waals surface area contributed by atoms with Gasteiger partial charge in [0.1, 0.15) is 0 Å². The van der Waals surface area contributed by atoms with Gasteiger partial charge in [-0.25, -0.2) is 0 Å². The van der Waals surface area contributed by atoms with Gasteiger partial charge in [0.2, 0.25) is 5.91 Å². The number of morpholine rings is 1. The summed E-state index contributed by atoms with van der Waals surface area (Å²) in [7, 11) is 0. The molecule has 6 heteroatoms. The molecule has 5 nitrogen and oxygen atoms in total. The lowest BCUT2D eigenvalue weighted by atomic mass is 10.2. The molecule has 2 heterocycles. The minimum atomic E-state index is 0.101. The fraction of sp³-hybridized carbons (Fsp3) is 0.538. The second-order valence-corrected chi connectivity index (χ2v) is 5.78. The lowest BCUT2D eigenvalue weighted by Crippen LogP contribution is -2.48. The molecule has 0 aliphatic carbocycles. The highest BCUT2D eigenvalue weighted by atomic mass is 32.2. The monoisotopic (exact) mass is 281 g/mol. The number of amides is 1. The summed E-state index contributed by atoms with van der Waals surface area (Å²) in [6.07, 6.45) is 3.49. The average molecular weight is 281 g/mol. The molecule has 0 bridgehead atoms. The van der Waals surface area contributed by atoms with E-state index in [9.17, 15) is 4.79 Å². The van der Waals surface area contributed by atoms with Crippen molar-refractivity contribution in [2.45, 2.75) is 31.0 Å². The summed E-state index contributed by atoms with van der Waals surface area (Å²) < 4.78 is 5.62. The first-order valence-electron chi connectivity index (χ1n) is 6.31. The molecular weight excluding hydrogens is 262 g/mol. The quantitative estimate of drug-likeness (QED) is 0.848. The van der Waals surface area contributed by atoms with E-state index in [4.69, 9.17) is 10.5 Å². The van der Waals surface area contributed by atoms with Gasteiger partial charge in [-0.3, -0.25) is 9.78 Å². The van der Waals surface area contributed by atoms with Crippen molar-refractivity contribution < 1.29 is 9.53 Å². The molecule has 1 aromatic heterocycles. The van der Waals surface area contributed by atoms with Crippen LogP contribution < -0.4 is 5.73 Å². The first-order chi connectivity index (χ1) is 9.06. The molecule has 1 aliphatic rings. The van der Waals surface area contributed by atoms with Gasteiger partial charge in [-0.2, -0.15) is 0 Å². The number of pyridine rings is 1. The minimum absolute atomic E-state index is 0.101. The van der Waals surface area contributed by atoms with Gasteiger partial charge >= 0.3 is 0 Å². The summed E-state index contributed by atoms with van der Waals surface area (Å²) >= 11 is 1.45. The van der Waals surface area contributed by atoms with E-state index in [2.05, 4.69) is 4.98 Å². The number of nitrogen functional groups attached to an aromatic ring is 1. The van der Waals surface area contributed by atoms with Crippen molar-refractivity contribution in [1.82, 2.24) is 9.88 Å². The number of hydrogen-bond donors (Lipinski definition) is 1. The third-order valence-corrected chi connectivity index (χ3v) is 4.01. The van der Waals surface area contributed by atoms with Crippen LogP contribution in [0.2, 0.25) is 0 Å². The van der Waals surface area contributed by atoms with E-state index < -0.39 is 0 Å². The van der Waals surface area contributed by atoms with E-state index in [0.29, 0.717) is 24.5 Å². The highest BCUT2D eigenvalue weighted by molar-refractivity contribution is 8.00. The second-order valence-electron chi connectivity index (χ2n) is 4.76. The van der Waals surface area contributed by atoms with Crippen LogP contribution in [0.15, 0.2) is 23.4 Å². The summed E-state index contributed by atoms with van der Waals surface area (Å²) in [6.45, 7) is 5.30. The van der Waals surface area contributed by atoms with Gasteiger partial charge in [0.25, 0.3) is 0 Å². The van der Waals surface area contributed by atoms with Crippen LogP contribution >= 0.6 is 11.8 Å². The fourth-order valence-corrected chi connectivity index (χ4v) is 2.98. The second kappa shape index (κ2) is 6.25. The lowest BCUT2D eigenvalue weighted by Gasteiger charge is -2.35. The Morgan fingerprint density at radius 3 is 2.84 bits per heavy atom. The topological polar surface area (TPSA) is 68.5 Å². The van der Waals surface area contributed by atoms with Crippen LogP contribution in [-0.4, -0.2) is 46.8 Å². The van der Waals surface area contributed by atoms with Crippen LogP contribution in [0.3, 0.4) is 0 Å². The first kappa shape index (κ1) is 14.1. The summed E-state index contributed by atoms with van der Waals surface area (Å²) in [5.41, 5.74) is 6.42. The maximum atomic E-state index is 12.2. The normalized spacial score (nSPS) is 23.4. The van der Waals surface area contributed by atoms with Crippen molar-refractivity contribution in [2.75, 3.05) is 24.6 Å². The molecule has 2 atom stereocenters. The van der Waals surface area contributed by atoms with Crippen molar-refractivity contribution >= 4 is 23.4 Å². The average Bonchev–Trinajstić information content (AvgIpc) is 2.36. The Morgan fingerprint density at radius 2 is 2.21 bits per heavy atom. The van der Waals surface area contributed by atoms with Gasteiger partial charge < -0.3 is 15.4 Å². The number of hydrogen-bond acceptors (Lipinski definition) is 5. The Balaban J connectivity index is 1.89. The first-order valence-corrected chi connectivity index (χ1v) is 7.30. The molecule has 1 aromatic rings. The SMILES string of the molecule is CC1CN(C(=O)CSc2ccncc2N)CC(C)O1. The zero-order chi connectivity index (χ0) is 13.8. The van der Waals surface area contributed by atoms with Crippen LogP contribution in [-0.2, 0) is 9.53 Å². The van der Waals surface area contributed by atoms with Gasteiger partial charge in [0, 0.05) is 24.2 Å². The van der Waals surface area contributed by atoms with Gasteiger partial charge in [-0.05, 0) is 19.9 Å². The number of thioether (sulfide) groups is 1. The standard InChI is InChI=1S/C13H19N3O2S/c1-9-6-16(7-10(2)18-9)13(17)8-19-12-3-4-15-5-11(12)14/h3-5,9-10H,6-8,14H2,1-2H3. The summed E-state index contributed by atoms with van der Waals surface area (Å²) in [6, 6.07) is 1.83. The van der Waals surface area contributed by atoms with Crippen molar-refractivity contribution in [3.8, 4) is 0 Å². The number of carbonyl (C=O) groups excluding carboxylic acids is 1. The van der Waals surface area contributed by atoms with Crippen LogP contribution in [0, 0.1) is 0 Å². The third-order valence-electron chi connectivity index (χ3n) is 2.93.